The highest BCUT2D eigenvalue weighted by molar-refractivity contribution is 7.91. The molecule has 0 bridgehead atoms. The number of rotatable bonds is 3. The van der Waals surface area contributed by atoms with E-state index in [0.717, 1.165) is 35.3 Å². The van der Waals surface area contributed by atoms with E-state index < -0.39 is 10.0 Å². The summed E-state index contributed by atoms with van der Waals surface area (Å²) >= 11 is 7.00. The minimum absolute atomic E-state index is 0.0734. The predicted molar refractivity (Wildman–Crippen MR) is 86.4 cm³/mol. The van der Waals surface area contributed by atoms with Crippen molar-refractivity contribution in [2.45, 2.75) is 30.0 Å². The van der Waals surface area contributed by atoms with Gasteiger partial charge in [0.15, 0.2) is 0 Å². The van der Waals surface area contributed by atoms with Crippen LogP contribution >= 0.6 is 22.9 Å². The SMILES string of the molecule is Cc1cccc([C@@H]2CCCN2S(=O)(=O)c2ccc(Cl)s2)c1. The summed E-state index contributed by atoms with van der Waals surface area (Å²) in [6, 6.07) is 11.2. The van der Waals surface area contributed by atoms with Crippen LogP contribution in [0.3, 0.4) is 0 Å². The molecule has 2 aromatic rings. The van der Waals surface area contributed by atoms with Gasteiger partial charge in [-0.2, -0.15) is 4.31 Å². The minimum atomic E-state index is -3.46. The fourth-order valence-electron chi connectivity index (χ4n) is 2.79. The van der Waals surface area contributed by atoms with Crippen molar-refractivity contribution in [3.05, 3.63) is 51.9 Å². The van der Waals surface area contributed by atoms with Crippen LogP contribution in [0.15, 0.2) is 40.6 Å². The van der Waals surface area contributed by atoms with E-state index >= 15 is 0 Å². The Morgan fingerprint density at radius 3 is 2.76 bits per heavy atom. The average Bonchev–Trinajstić information content (AvgIpc) is 3.07. The third-order valence-corrected chi connectivity index (χ3v) is 7.35. The van der Waals surface area contributed by atoms with E-state index in [-0.39, 0.29) is 6.04 Å². The molecule has 21 heavy (non-hydrogen) atoms. The number of thiophene rings is 1. The summed E-state index contributed by atoms with van der Waals surface area (Å²) in [4.78, 5) is 0. The van der Waals surface area contributed by atoms with Gasteiger partial charge in [-0.3, -0.25) is 0 Å². The molecule has 1 aromatic carbocycles. The molecule has 1 aliphatic rings. The van der Waals surface area contributed by atoms with Gasteiger partial charge in [-0.05, 0) is 37.5 Å². The number of nitrogens with zero attached hydrogens (tertiary/aromatic N) is 1. The molecule has 3 nitrogen and oxygen atoms in total. The van der Waals surface area contributed by atoms with Crippen molar-refractivity contribution in [3.63, 3.8) is 0 Å². The maximum atomic E-state index is 12.8. The van der Waals surface area contributed by atoms with E-state index in [4.69, 9.17) is 11.6 Å². The molecule has 0 saturated carbocycles. The normalized spacial score (nSPS) is 20.0. The van der Waals surface area contributed by atoms with Crippen LogP contribution in [-0.2, 0) is 10.0 Å². The summed E-state index contributed by atoms with van der Waals surface area (Å²) in [5.74, 6) is 0. The summed E-state index contributed by atoms with van der Waals surface area (Å²) in [5, 5.41) is 0. The summed E-state index contributed by atoms with van der Waals surface area (Å²) in [6.07, 6.45) is 1.75. The quantitative estimate of drug-likeness (QED) is 0.837. The number of benzene rings is 1. The molecule has 0 aliphatic carbocycles. The Morgan fingerprint density at radius 1 is 1.29 bits per heavy atom. The molecule has 1 aliphatic heterocycles. The lowest BCUT2D eigenvalue weighted by Gasteiger charge is -2.24. The highest BCUT2D eigenvalue weighted by Crippen LogP contribution is 2.38. The van der Waals surface area contributed by atoms with Gasteiger partial charge in [-0.15, -0.1) is 11.3 Å². The Morgan fingerprint density at radius 2 is 2.10 bits per heavy atom. The Labute approximate surface area is 134 Å². The zero-order chi connectivity index (χ0) is 15.0. The van der Waals surface area contributed by atoms with Gasteiger partial charge in [-0.25, -0.2) is 8.42 Å². The summed E-state index contributed by atoms with van der Waals surface area (Å²) in [5.41, 5.74) is 2.22. The van der Waals surface area contributed by atoms with Crippen LogP contribution in [0.1, 0.15) is 30.0 Å². The molecule has 112 valence electrons. The zero-order valence-corrected chi connectivity index (χ0v) is 14.0. The maximum absolute atomic E-state index is 12.8. The molecule has 1 atom stereocenters. The number of halogens is 1. The van der Waals surface area contributed by atoms with Gasteiger partial charge in [0.05, 0.1) is 10.4 Å². The predicted octanol–water partition coefficient (Wildman–Crippen LogP) is 4.24. The molecular formula is C15H16ClNO2S2. The topological polar surface area (TPSA) is 37.4 Å². The molecular weight excluding hydrogens is 326 g/mol. The van der Waals surface area contributed by atoms with Crippen LogP contribution in [0, 0.1) is 6.92 Å². The van der Waals surface area contributed by atoms with Crippen LogP contribution in [-0.4, -0.2) is 19.3 Å². The minimum Gasteiger partial charge on any atom is -0.206 e. The first-order valence-corrected chi connectivity index (χ1v) is 9.46. The molecule has 1 saturated heterocycles. The fourth-order valence-corrected chi connectivity index (χ4v) is 6.08. The van der Waals surface area contributed by atoms with E-state index in [0.29, 0.717) is 15.1 Å². The van der Waals surface area contributed by atoms with Crippen molar-refractivity contribution in [1.29, 1.82) is 0 Å². The van der Waals surface area contributed by atoms with E-state index in [1.54, 1.807) is 16.4 Å². The number of hydrogen-bond acceptors (Lipinski definition) is 3. The molecule has 6 heteroatoms. The average molecular weight is 342 g/mol. The van der Waals surface area contributed by atoms with Crippen molar-refractivity contribution in [2.75, 3.05) is 6.54 Å². The lowest BCUT2D eigenvalue weighted by atomic mass is 10.0. The van der Waals surface area contributed by atoms with Crippen LogP contribution in [0.5, 0.6) is 0 Å². The maximum Gasteiger partial charge on any atom is 0.253 e. The fraction of sp³-hybridized carbons (Fsp3) is 0.333. The molecule has 0 N–H and O–H groups in total. The van der Waals surface area contributed by atoms with Gasteiger partial charge in [0.1, 0.15) is 4.21 Å². The Balaban J connectivity index is 1.97. The monoisotopic (exact) mass is 341 g/mol. The van der Waals surface area contributed by atoms with Crippen molar-refractivity contribution in [1.82, 2.24) is 4.31 Å². The Kier molecular flexibility index (Phi) is 4.10. The van der Waals surface area contributed by atoms with Crippen LogP contribution in [0.25, 0.3) is 0 Å². The van der Waals surface area contributed by atoms with Crippen LogP contribution in [0.2, 0.25) is 4.34 Å². The van der Waals surface area contributed by atoms with E-state index in [2.05, 4.69) is 6.07 Å². The van der Waals surface area contributed by atoms with Gasteiger partial charge in [0.25, 0.3) is 10.0 Å². The van der Waals surface area contributed by atoms with Gasteiger partial charge < -0.3 is 0 Å². The van der Waals surface area contributed by atoms with Gasteiger partial charge in [-0.1, -0.05) is 41.4 Å². The Bertz CT molecular complexity index is 755. The lowest BCUT2D eigenvalue weighted by molar-refractivity contribution is 0.398. The van der Waals surface area contributed by atoms with Gasteiger partial charge in [0, 0.05) is 6.54 Å². The van der Waals surface area contributed by atoms with Crippen molar-refractivity contribution in [3.8, 4) is 0 Å². The smallest absolute Gasteiger partial charge is 0.206 e. The first kappa shape index (κ1) is 15.0. The van der Waals surface area contributed by atoms with Gasteiger partial charge >= 0.3 is 0 Å². The largest absolute Gasteiger partial charge is 0.253 e. The third kappa shape index (κ3) is 2.88. The summed E-state index contributed by atoms with van der Waals surface area (Å²) < 4.78 is 28.0. The first-order chi connectivity index (χ1) is 9.98. The van der Waals surface area contributed by atoms with Crippen molar-refractivity contribution < 1.29 is 8.42 Å². The van der Waals surface area contributed by atoms with E-state index in [1.165, 1.54) is 0 Å². The molecule has 1 aromatic heterocycles. The lowest BCUT2D eigenvalue weighted by Crippen LogP contribution is -2.30. The van der Waals surface area contributed by atoms with Crippen LogP contribution < -0.4 is 0 Å². The molecule has 0 unspecified atom stereocenters. The highest BCUT2D eigenvalue weighted by atomic mass is 35.5. The molecule has 3 rings (SSSR count). The standard InChI is InChI=1S/C15H16ClNO2S2/c1-11-4-2-5-12(10-11)13-6-3-9-17(13)21(18,19)15-8-7-14(16)20-15/h2,4-5,7-8,10,13H,3,6,9H2,1H3/t13-/m0/s1. The molecule has 0 amide bonds. The Hall–Kier alpha value is -0.880. The summed E-state index contributed by atoms with van der Waals surface area (Å²) in [7, 11) is -3.46. The second-order valence-corrected chi connectivity index (χ2v) is 9.08. The van der Waals surface area contributed by atoms with E-state index in [1.807, 2.05) is 25.1 Å². The number of sulfonamides is 1. The molecule has 1 fully saturated rings. The zero-order valence-electron chi connectivity index (χ0n) is 11.6. The summed E-state index contributed by atoms with van der Waals surface area (Å²) in [6.45, 7) is 2.59. The number of hydrogen-bond donors (Lipinski definition) is 0. The van der Waals surface area contributed by atoms with Crippen LogP contribution in [0.4, 0.5) is 0 Å². The number of aryl methyl sites for hydroxylation is 1. The van der Waals surface area contributed by atoms with E-state index in [9.17, 15) is 8.42 Å². The highest BCUT2D eigenvalue weighted by Gasteiger charge is 2.36. The van der Waals surface area contributed by atoms with Crippen molar-refractivity contribution >= 4 is 33.0 Å². The molecule has 2 heterocycles. The molecule has 0 radical (unpaired) electrons. The molecule has 0 spiro atoms. The van der Waals surface area contributed by atoms with Crippen molar-refractivity contribution in [2.24, 2.45) is 0 Å². The second-order valence-electron chi connectivity index (χ2n) is 5.25. The first-order valence-electron chi connectivity index (χ1n) is 6.82. The third-order valence-electron chi connectivity index (χ3n) is 3.74. The second kappa shape index (κ2) is 5.72. The van der Waals surface area contributed by atoms with Gasteiger partial charge in [0.2, 0.25) is 0 Å².